The minimum Gasteiger partial charge on any atom is -0.480 e. The number of rotatable bonds is 6. The Balaban J connectivity index is 2.61. The van der Waals surface area contributed by atoms with Crippen LogP contribution in [-0.4, -0.2) is 40.6 Å². The number of carbonyl (C=O) groups excluding carboxylic acids is 1. The SMILES string of the molecule is CN(C(=O)CSC(C)(C)[C@@H](N)C(=O)O)c1ccccc1. The third-order valence-corrected chi connectivity index (χ3v) is 4.49. The number of benzene rings is 1. The normalized spacial score (nSPS) is 12.8. The molecule has 0 heterocycles. The van der Waals surface area contributed by atoms with E-state index in [4.69, 9.17) is 10.8 Å². The highest BCUT2D eigenvalue weighted by atomic mass is 32.2. The number of carboxylic acids is 1. The molecule has 20 heavy (non-hydrogen) atoms. The van der Waals surface area contributed by atoms with Crippen molar-refractivity contribution in [3.63, 3.8) is 0 Å². The summed E-state index contributed by atoms with van der Waals surface area (Å²) in [5, 5.41) is 8.94. The van der Waals surface area contributed by atoms with Crippen molar-refractivity contribution in [2.45, 2.75) is 24.6 Å². The molecular formula is C14H20N2O3S. The van der Waals surface area contributed by atoms with E-state index in [1.807, 2.05) is 30.3 Å². The Morgan fingerprint density at radius 3 is 2.40 bits per heavy atom. The number of carbonyl (C=O) groups is 2. The number of hydrogen-bond acceptors (Lipinski definition) is 4. The Morgan fingerprint density at radius 1 is 1.35 bits per heavy atom. The van der Waals surface area contributed by atoms with E-state index in [0.717, 1.165) is 5.69 Å². The van der Waals surface area contributed by atoms with E-state index in [1.54, 1.807) is 25.8 Å². The first kappa shape index (κ1) is 16.5. The third kappa shape index (κ3) is 4.25. The summed E-state index contributed by atoms with van der Waals surface area (Å²) in [5.41, 5.74) is 6.43. The average molecular weight is 296 g/mol. The van der Waals surface area contributed by atoms with Gasteiger partial charge in [-0.1, -0.05) is 18.2 Å². The van der Waals surface area contributed by atoms with E-state index in [2.05, 4.69) is 0 Å². The van der Waals surface area contributed by atoms with Crippen LogP contribution >= 0.6 is 11.8 Å². The summed E-state index contributed by atoms with van der Waals surface area (Å²) in [6.07, 6.45) is 0. The highest BCUT2D eigenvalue weighted by Gasteiger charge is 2.33. The minimum atomic E-state index is -1.06. The van der Waals surface area contributed by atoms with Crippen molar-refractivity contribution >= 4 is 29.3 Å². The van der Waals surface area contributed by atoms with Gasteiger partial charge in [0.05, 0.1) is 5.75 Å². The lowest BCUT2D eigenvalue weighted by molar-refractivity contribution is -0.139. The second-order valence-corrected chi connectivity index (χ2v) is 6.63. The first-order chi connectivity index (χ1) is 9.25. The number of nitrogens with zero attached hydrogens (tertiary/aromatic N) is 1. The van der Waals surface area contributed by atoms with Gasteiger partial charge in [-0.25, -0.2) is 0 Å². The van der Waals surface area contributed by atoms with Gasteiger partial charge < -0.3 is 15.7 Å². The van der Waals surface area contributed by atoms with Crippen LogP contribution in [0.15, 0.2) is 30.3 Å². The van der Waals surface area contributed by atoms with E-state index in [0.29, 0.717) is 0 Å². The summed E-state index contributed by atoms with van der Waals surface area (Å²) in [4.78, 5) is 24.6. The average Bonchev–Trinajstić information content (AvgIpc) is 2.44. The molecule has 3 N–H and O–H groups in total. The van der Waals surface area contributed by atoms with Crippen LogP contribution < -0.4 is 10.6 Å². The van der Waals surface area contributed by atoms with Crippen molar-refractivity contribution in [3.8, 4) is 0 Å². The molecule has 1 aromatic carbocycles. The van der Waals surface area contributed by atoms with Crippen LogP contribution in [0.25, 0.3) is 0 Å². The summed E-state index contributed by atoms with van der Waals surface area (Å²) >= 11 is 1.25. The Kier molecular flexibility index (Phi) is 5.59. The van der Waals surface area contributed by atoms with Crippen LogP contribution in [0, 0.1) is 0 Å². The van der Waals surface area contributed by atoms with E-state index < -0.39 is 16.8 Å². The molecule has 1 atom stereocenters. The Labute approximate surface area is 123 Å². The topological polar surface area (TPSA) is 83.6 Å². The summed E-state index contributed by atoms with van der Waals surface area (Å²) in [5.74, 6) is -0.974. The maximum atomic E-state index is 12.1. The van der Waals surface area contributed by atoms with Crippen molar-refractivity contribution in [1.29, 1.82) is 0 Å². The second-order valence-electron chi connectivity index (χ2n) is 5.00. The number of amides is 1. The van der Waals surface area contributed by atoms with Crippen molar-refractivity contribution in [3.05, 3.63) is 30.3 Å². The van der Waals surface area contributed by atoms with Crippen molar-refractivity contribution < 1.29 is 14.7 Å². The molecule has 0 unspecified atom stereocenters. The van der Waals surface area contributed by atoms with Crippen LogP contribution in [0.4, 0.5) is 5.69 Å². The van der Waals surface area contributed by atoms with Gasteiger partial charge in [-0.05, 0) is 26.0 Å². The van der Waals surface area contributed by atoms with Gasteiger partial charge in [0, 0.05) is 17.5 Å². The lowest BCUT2D eigenvalue weighted by Crippen LogP contribution is -2.47. The zero-order valence-corrected chi connectivity index (χ0v) is 12.7. The third-order valence-electron chi connectivity index (χ3n) is 3.10. The Hall–Kier alpha value is -1.53. The molecule has 0 saturated carbocycles. The summed E-state index contributed by atoms with van der Waals surface area (Å²) in [6.45, 7) is 3.46. The van der Waals surface area contributed by atoms with Crippen LogP contribution in [0.1, 0.15) is 13.8 Å². The Bertz CT molecular complexity index is 477. The number of para-hydroxylation sites is 1. The predicted molar refractivity (Wildman–Crippen MR) is 82.0 cm³/mol. The molecular weight excluding hydrogens is 276 g/mol. The van der Waals surface area contributed by atoms with Gasteiger partial charge in [0.25, 0.3) is 0 Å². The van der Waals surface area contributed by atoms with Crippen LogP contribution in [0.5, 0.6) is 0 Å². The number of nitrogens with two attached hydrogens (primary N) is 1. The first-order valence-corrected chi connectivity index (χ1v) is 7.18. The molecule has 0 aliphatic heterocycles. The quantitative estimate of drug-likeness (QED) is 0.832. The molecule has 1 rings (SSSR count). The zero-order valence-electron chi connectivity index (χ0n) is 11.9. The Morgan fingerprint density at radius 2 is 1.90 bits per heavy atom. The number of aliphatic carboxylic acids is 1. The van der Waals surface area contributed by atoms with Gasteiger partial charge in [0.15, 0.2) is 0 Å². The van der Waals surface area contributed by atoms with Gasteiger partial charge in [0.2, 0.25) is 5.91 Å². The molecule has 6 heteroatoms. The highest BCUT2D eigenvalue weighted by molar-refractivity contribution is 8.01. The molecule has 0 bridgehead atoms. The lowest BCUT2D eigenvalue weighted by Gasteiger charge is -2.28. The number of carboxylic acid groups (broad SMARTS) is 1. The minimum absolute atomic E-state index is 0.0909. The van der Waals surface area contributed by atoms with Crippen LogP contribution in [-0.2, 0) is 9.59 Å². The molecule has 1 aromatic rings. The standard InChI is InChI=1S/C14H20N2O3S/c1-14(2,12(15)13(18)19)20-9-11(17)16(3)10-7-5-4-6-8-10/h4-8,12H,9,15H2,1-3H3,(H,18,19)/t12-/m0/s1. The fourth-order valence-electron chi connectivity index (χ4n) is 1.53. The van der Waals surface area contributed by atoms with Crippen molar-refractivity contribution in [2.75, 3.05) is 17.7 Å². The number of anilines is 1. The van der Waals surface area contributed by atoms with Gasteiger partial charge in [0.1, 0.15) is 6.04 Å². The maximum Gasteiger partial charge on any atom is 0.321 e. The number of thioether (sulfide) groups is 1. The maximum absolute atomic E-state index is 12.1. The van der Waals surface area contributed by atoms with Crippen LogP contribution in [0.2, 0.25) is 0 Å². The predicted octanol–water partition coefficient (Wildman–Crippen LogP) is 1.57. The molecule has 0 radical (unpaired) electrons. The molecule has 5 nitrogen and oxygen atoms in total. The molecule has 0 aromatic heterocycles. The van der Waals surface area contributed by atoms with E-state index in [1.165, 1.54) is 11.8 Å². The monoisotopic (exact) mass is 296 g/mol. The lowest BCUT2D eigenvalue weighted by atomic mass is 10.1. The second kappa shape index (κ2) is 6.76. The molecule has 0 spiro atoms. The summed E-state index contributed by atoms with van der Waals surface area (Å²) in [7, 11) is 1.70. The molecule has 0 saturated heterocycles. The van der Waals surface area contributed by atoms with Gasteiger partial charge >= 0.3 is 5.97 Å². The molecule has 110 valence electrons. The van der Waals surface area contributed by atoms with E-state index in [9.17, 15) is 9.59 Å². The van der Waals surface area contributed by atoms with Gasteiger partial charge in [-0.2, -0.15) is 0 Å². The first-order valence-electron chi connectivity index (χ1n) is 6.19. The van der Waals surface area contributed by atoms with Crippen molar-refractivity contribution in [2.24, 2.45) is 5.73 Å². The fraction of sp³-hybridized carbons (Fsp3) is 0.429. The zero-order chi connectivity index (χ0) is 15.3. The smallest absolute Gasteiger partial charge is 0.321 e. The van der Waals surface area contributed by atoms with Gasteiger partial charge in [-0.3, -0.25) is 9.59 Å². The molecule has 0 aliphatic rings. The summed E-state index contributed by atoms with van der Waals surface area (Å²) in [6, 6.07) is 8.27. The van der Waals surface area contributed by atoms with Crippen LogP contribution in [0.3, 0.4) is 0 Å². The van der Waals surface area contributed by atoms with Gasteiger partial charge in [-0.15, -0.1) is 11.8 Å². The fourth-order valence-corrected chi connectivity index (χ4v) is 2.50. The van der Waals surface area contributed by atoms with E-state index >= 15 is 0 Å². The molecule has 1 amide bonds. The van der Waals surface area contributed by atoms with Crippen molar-refractivity contribution in [1.82, 2.24) is 0 Å². The number of hydrogen-bond donors (Lipinski definition) is 2. The molecule has 0 aliphatic carbocycles. The highest BCUT2D eigenvalue weighted by Crippen LogP contribution is 2.28. The largest absolute Gasteiger partial charge is 0.480 e. The molecule has 0 fully saturated rings. The summed E-state index contributed by atoms with van der Waals surface area (Å²) < 4.78 is -0.709. The van der Waals surface area contributed by atoms with E-state index in [-0.39, 0.29) is 11.7 Å².